The van der Waals surface area contributed by atoms with Crippen molar-refractivity contribution in [2.45, 2.75) is 32.7 Å². The first-order chi connectivity index (χ1) is 9.88. The standard InChI is InChI=1S/C13H25N3O5/c1-10(2)16(7-4-5-12(18)19)13(20)15-9-11(17)14-6-8-21-3/h10H,4-9H2,1-3H3,(H,14,17)(H,15,20)(H,18,19). The Hall–Kier alpha value is -1.83. The van der Waals surface area contributed by atoms with E-state index >= 15 is 0 Å². The molecule has 0 radical (unpaired) electrons. The molecular weight excluding hydrogens is 278 g/mol. The highest BCUT2D eigenvalue weighted by molar-refractivity contribution is 5.84. The summed E-state index contributed by atoms with van der Waals surface area (Å²) >= 11 is 0. The highest BCUT2D eigenvalue weighted by Crippen LogP contribution is 2.02. The third-order valence-electron chi connectivity index (χ3n) is 2.70. The van der Waals surface area contributed by atoms with Gasteiger partial charge in [-0.05, 0) is 20.3 Å². The summed E-state index contributed by atoms with van der Waals surface area (Å²) in [5, 5.41) is 13.7. The molecule has 0 heterocycles. The van der Waals surface area contributed by atoms with Gasteiger partial charge in [0, 0.05) is 32.7 Å². The number of carbonyl (C=O) groups excluding carboxylic acids is 2. The van der Waals surface area contributed by atoms with Gasteiger partial charge < -0.3 is 25.4 Å². The molecule has 0 aromatic heterocycles. The molecule has 0 unspecified atom stereocenters. The zero-order chi connectivity index (χ0) is 16.3. The lowest BCUT2D eigenvalue weighted by atomic mass is 10.2. The molecule has 0 atom stereocenters. The van der Waals surface area contributed by atoms with Crippen molar-refractivity contribution in [3.63, 3.8) is 0 Å². The van der Waals surface area contributed by atoms with E-state index in [4.69, 9.17) is 9.84 Å². The predicted molar refractivity (Wildman–Crippen MR) is 77.0 cm³/mol. The first-order valence-corrected chi connectivity index (χ1v) is 6.90. The molecule has 0 fully saturated rings. The summed E-state index contributed by atoms with van der Waals surface area (Å²) in [5.74, 6) is -1.19. The van der Waals surface area contributed by atoms with Gasteiger partial charge in [-0.1, -0.05) is 0 Å². The molecule has 0 saturated heterocycles. The number of hydrogen-bond donors (Lipinski definition) is 3. The van der Waals surface area contributed by atoms with Crippen LogP contribution in [0.2, 0.25) is 0 Å². The molecule has 0 aromatic carbocycles. The van der Waals surface area contributed by atoms with Gasteiger partial charge in [-0.2, -0.15) is 0 Å². The zero-order valence-corrected chi connectivity index (χ0v) is 12.8. The van der Waals surface area contributed by atoms with Gasteiger partial charge in [0.25, 0.3) is 0 Å². The molecule has 0 rings (SSSR count). The average Bonchev–Trinajstić information content (AvgIpc) is 2.40. The van der Waals surface area contributed by atoms with E-state index in [1.807, 2.05) is 13.8 Å². The minimum absolute atomic E-state index is 0.00794. The van der Waals surface area contributed by atoms with E-state index < -0.39 is 5.97 Å². The van der Waals surface area contributed by atoms with Crippen molar-refractivity contribution < 1.29 is 24.2 Å². The molecule has 3 N–H and O–H groups in total. The molecular formula is C13H25N3O5. The maximum Gasteiger partial charge on any atom is 0.318 e. The Balaban J connectivity index is 4.11. The molecule has 0 aliphatic heterocycles. The predicted octanol–water partition coefficient (Wildman–Crippen LogP) is 0.0338. The number of amides is 3. The molecule has 122 valence electrons. The fourth-order valence-corrected chi connectivity index (χ4v) is 1.61. The third-order valence-corrected chi connectivity index (χ3v) is 2.70. The summed E-state index contributed by atoms with van der Waals surface area (Å²) in [6.45, 7) is 4.68. The van der Waals surface area contributed by atoms with E-state index in [-0.39, 0.29) is 30.9 Å². The van der Waals surface area contributed by atoms with Crippen molar-refractivity contribution in [3.8, 4) is 0 Å². The molecule has 8 heteroatoms. The summed E-state index contributed by atoms with van der Waals surface area (Å²) in [5.41, 5.74) is 0. The van der Waals surface area contributed by atoms with Crippen molar-refractivity contribution in [3.05, 3.63) is 0 Å². The number of carboxylic acids is 1. The minimum Gasteiger partial charge on any atom is -0.481 e. The average molecular weight is 303 g/mol. The van der Waals surface area contributed by atoms with Crippen LogP contribution in [0.3, 0.4) is 0 Å². The third kappa shape index (κ3) is 9.67. The summed E-state index contributed by atoms with van der Waals surface area (Å²) in [6.07, 6.45) is 0.384. The maximum atomic E-state index is 12.0. The molecule has 0 bridgehead atoms. The van der Waals surface area contributed by atoms with Gasteiger partial charge in [-0.15, -0.1) is 0 Å². The number of carbonyl (C=O) groups is 3. The van der Waals surface area contributed by atoms with Crippen molar-refractivity contribution >= 4 is 17.9 Å². The number of aliphatic carboxylic acids is 1. The van der Waals surface area contributed by atoms with Gasteiger partial charge >= 0.3 is 12.0 Å². The van der Waals surface area contributed by atoms with Gasteiger partial charge in [-0.3, -0.25) is 9.59 Å². The smallest absolute Gasteiger partial charge is 0.318 e. The quantitative estimate of drug-likeness (QED) is 0.494. The largest absolute Gasteiger partial charge is 0.481 e. The van der Waals surface area contributed by atoms with E-state index in [1.165, 1.54) is 12.0 Å². The summed E-state index contributed by atoms with van der Waals surface area (Å²) in [6, 6.07) is -0.451. The van der Waals surface area contributed by atoms with E-state index in [1.54, 1.807) is 0 Å². The molecule has 0 spiro atoms. The van der Waals surface area contributed by atoms with Crippen molar-refractivity contribution in [1.29, 1.82) is 0 Å². The Morgan fingerprint density at radius 3 is 2.43 bits per heavy atom. The monoisotopic (exact) mass is 303 g/mol. The van der Waals surface area contributed by atoms with Crippen LogP contribution in [0.4, 0.5) is 4.79 Å². The fraction of sp³-hybridized carbons (Fsp3) is 0.769. The Morgan fingerprint density at radius 2 is 1.90 bits per heavy atom. The summed E-state index contributed by atoms with van der Waals surface area (Å²) in [4.78, 5) is 35.4. The molecule has 3 amide bonds. The molecule has 0 aromatic rings. The number of urea groups is 1. The lowest BCUT2D eigenvalue weighted by molar-refractivity contribution is -0.137. The number of nitrogens with one attached hydrogen (secondary N) is 2. The minimum atomic E-state index is -0.892. The first kappa shape index (κ1) is 19.2. The van der Waals surface area contributed by atoms with E-state index in [0.29, 0.717) is 26.1 Å². The van der Waals surface area contributed by atoms with Crippen LogP contribution in [0.1, 0.15) is 26.7 Å². The van der Waals surface area contributed by atoms with E-state index in [2.05, 4.69) is 10.6 Å². The Labute approximate surface area is 124 Å². The molecule has 0 aliphatic carbocycles. The summed E-state index contributed by atoms with van der Waals surface area (Å²) in [7, 11) is 1.53. The molecule has 21 heavy (non-hydrogen) atoms. The van der Waals surface area contributed by atoms with Crippen LogP contribution in [0, 0.1) is 0 Å². The zero-order valence-electron chi connectivity index (χ0n) is 12.8. The molecule has 0 saturated carbocycles. The Bertz CT molecular complexity index is 347. The number of carboxylic acid groups (broad SMARTS) is 1. The fourth-order valence-electron chi connectivity index (χ4n) is 1.61. The van der Waals surface area contributed by atoms with E-state index in [0.717, 1.165) is 0 Å². The molecule has 0 aliphatic rings. The van der Waals surface area contributed by atoms with Gasteiger partial charge in [0.05, 0.1) is 13.2 Å². The lowest BCUT2D eigenvalue weighted by Crippen LogP contribution is -2.47. The second-order valence-corrected chi connectivity index (χ2v) is 4.79. The number of nitrogens with zero attached hydrogens (tertiary/aromatic N) is 1. The SMILES string of the molecule is COCCNC(=O)CNC(=O)N(CCCC(=O)O)C(C)C. The van der Waals surface area contributed by atoms with Gasteiger partial charge in [0.2, 0.25) is 5.91 Å². The van der Waals surface area contributed by atoms with Crippen LogP contribution in [0.25, 0.3) is 0 Å². The van der Waals surface area contributed by atoms with Crippen LogP contribution < -0.4 is 10.6 Å². The number of methoxy groups -OCH3 is 1. The van der Waals surface area contributed by atoms with E-state index in [9.17, 15) is 14.4 Å². The topological polar surface area (TPSA) is 108 Å². The van der Waals surface area contributed by atoms with Crippen LogP contribution in [-0.4, -0.2) is 67.3 Å². The van der Waals surface area contributed by atoms with Crippen LogP contribution in [0.15, 0.2) is 0 Å². The van der Waals surface area contributed by atoms with Crippen LogP contribution in [0.5, 0.6) is 0 Å². The van der Waals surface area contributed by atoms with Crippen LogP contribution >= 0.6 is 0 Å². The van der Waals surface area contributed by atoms with Crippen molar-refractivity contribution in [2.24, 2.45) is 0 Å². The number of hydrogen-bond acceptors (Lipinski definition) is 4. The Morgan fingerprint density at radius 1 is 1.24 bits per heavy atom. The second-order valence-electron chi connectivity index (χ2n) is 4.79. The molecule has 8 nitrogen and oxygen atoms in total. The first-order valence-electron chi connectivity index (χ1n) is 6.90. The normalized spacial score (nSPS) is 10.3. The van der Waals surface area contributed by atoms with Crippen molar-refractivity contribution in [2.75, 3.05) is 33.4 Å². The maximum absolute atomic E-state index is 12.0. The van der Waals surface area contributed by atoms with Gasteiger partial charge in [0.1, 0.15) is 0 Å². The highest BCUT2D eigenvalue weighted by atomic mass is 16.5. The van der Waals surface area contributed by atoms with Gasteiger partial charge in [0.15, 0.2) is 0 Å². The lowest BCUT2D eigenvalue weighted by Gasteiger charge is -2.26. The van der Waals surface area contributed by atoms with Gasteiger partial charge in [-0.25, -0.2) is 4.79 Å². The number of rotatable bonds is 10. The second kappa shape index (κ2) is 10.9. The highest BCUT2D eigenvalue weighted by Gasteiger charge is 2.17. The number of ether oxygens (including phenoxy) is 1. The van der Waals surface area contributed by atoms with Crippen molar-refractivity contribution in [1.82, 2.24) is 15.5 Å². The van der Waals surface area contributed by atoms with Crippen LogP contribution in [-0.2, 0) is 14.3 Å². The Kier molecular flexibility index (Phi) is 9.95. The summed E-state index contributed by atoms with van der Waals surface area (Å²) < 4.78 is 4.79.